The number of hydrogen-bond donors (Lipinski definition) is 6. The molecule has 0 radical (unpaired) electrons. The lowest BCUT2D eigenvalue weighted by atomic mass is 9.99. The van der Waals surface area contributed by atoms with Gasteiger partial charge in [-0.1, -0.05) is 176 Å². The average Bonchev–Trinajstić information content (AvgIpc) is 3.25. The van der Waals surface area contributed by atoms with Gasteiger partial charge in [0.1, 0.15) is 24.4 Å². The van der Waals surface area contributed by atoms with E-state index in [1.165, 1.54) is 77.0 Å². The quantitative estimate of drug-likeness (QED) is 0.0266. The summed E-state index contributed by atoms with van der Waals surface area (Å²) in [5.41, 5.74) is 0. The second-order valence-electron chi connectivity index (χ2n) is 16.2. The lowest BCUT2D eigenvalue weighted by Crippen LogP contribution is -2.60. The molecule has 0 bridgehead atoms. The highest BCUT2D eigenvalue weighted by Gasteiger charge is 2.44. The van der Waals surface area contributed by atoms with E-state index in [4.69, 9.17) is 9.47 Å². The molecule has 9 nitrogen and oxygen atoms in total. The summed E-state index contributed by atoms with van der Waals surface area (Å²) in [4.78, 5) is 12.9. The molecule has 9 heteroatoms. The van der Waals surface area contributed by atoms with Crippen LogP contribution in [0, 0.1) is 0 Å². The van der Waals surface area contributed by atoms with Crippen LogP contribution in [0.2, 0.25) is 0 Å². The molecule has 344 valence electrons. The monoisotopic (exact) mass is 842 g/mol. The van der Waals surface area contributed by atoms with E-state index in [2.05, 4.69) is 92.1 Å². The van der Waals surface area contributed by atoms with Crippen LogP contribution < -0.4 is 5.32 Å². The van der Waals surface area contributed by atoms with Crippen LogP contribution in [0.5, 0.6) is 0 Å². The van der Waals surface area contributed by atoms with Crippen molar-refractivity contribution in [2.45, 2.75) is 217 Å². The molecule has 1 aliphatic rings. The maximum Gasteiger partial charge on any atom is 0.220 e. The third-order valence-electron chi connectivity index (χ3n) is 10.7. The van der Waals surface area contributed by atoms with Crippen molar-refractivity contribution in [2.75, 3.05) is 13.2 Å². The highest BCUT2D eigenvalue weighted by molar-refractivity contribution is 5.76. The fourth-order valence-electron chi connectivity index (χ4n) is 6.90. The van der Waals surface area contributed by atoms with E-state index in [1.54, 1.807) is 6.08 Å². The Balaban J connectivity index is 2.24. The number of hydrogen-bond acceptors (Lipinski definition) is 8. The molecular weight excluding hydrogens is 755 g/mol. The number of carbonyl (C=O) groups is 1. The largest absolute Gasteiger partial charge is 0.394 e. The van der Waals surface area contributed by atoms with Crippen molar-refractivity contribution in [1.29, 1.82) is 0 Å². The fraction of sp³-hybridized carbons (Fsp3) is 0.706. The number of allylic oxidation sites excluding steroid dienone is 13. The van der Waals surface area contributed by atoms with Crippen LogP contribution in [0.1, 0.15) is 174 Å². The van der Waals surface area contributed by atoms with Gasteiger partial charge in [0.2, 0.25) is 5.91 Å². The van der Waals surface area contributed by atoms with Gasteiger partial charge < -0.3 is 40.3 Å². The number of carbonyl (C=O) groups excluding carboxylic acids is 1. The second-order valence-corrected chi connectivity index (χ2v) is 16.2. The maximum atomic E-state index is 12.9. The van der Waals surface area contributed by atoms with Gasteiger partial charge in [-0.25, -0.2) is 0 Å². The Morgan fingerprint density at radius 1 is 0.583 bits per heavy atom. The van der Waals surface area contributed by atoms with Gasteiger partial charge in [0.25, 0.3) is 0 Å². The van der Waals surface area contributed by atoms with E-state index in [0.717, 1.165) is 77.0 Å². The predicted molar refractivity (Wildman–Crippen MR) is 248 cm³/mol. The molecule has 0 saturated carbocycles. The van der Waals surface area contributed by atoms with Gasteiger partial charge in [-0.05, 0) is 77.0 Å². The van der Waals surface area contributed by atoms with Crippen molar-refractivity contribution in [1.82, 2.24) is 5.32 Å². The van der Waals surface area contributed by atoms with Crippen molar-refractivity contribution in [3.8, 4) is 0 Å². The highest BCUT2D eigenvalue weighted by Crippen LogP contribution is 2.22. The third-order valence-corrected chi connectivity index (χ3v) is 10.7. The Hall–Kier alpha value is -2.63. The minimum absolute atomic E-state index is 0.197. The minimum Gasteiger partial charge on any atom is -0.394 e. The minimum atomic E-state index is -1.57. The SMILES string of the molecule is CC/C=C\C/C=C\C/C=C\C/C=C\C/C=C\CCCCCCCCCCCCCC(=O)NC(COC1OC(CO)C(O)C(O)C1O)C(O)/C=C/CC/C=C/CCCCCC. The number of ether oxygens (including phenoxy) is 2. The molecule has 7 unspecified atom stereocenters. The smallest absolute Gasteiger partial charge is 0.220 e. The normalized spacial score (nSPS) is 21.4. The molecule has 0 aliphatic carbocycles. The van der Waals surface area contributed by atoms with Gasteiger partial charge in [-0.3, -0.25) is 4.79 Å². The summed E-state index contributed by atoms with van der Waals surface area (Å²) in [6.45, 7) is 3.58. The predicted octanol–water partition coefficient (Wildman–Crippen LogP) is 10.3. The van der Waals surface area contributed by atoms with Gasteiger partial charge in [0.15, 0.2) is 6.29 Å². The number of amides is 1. The lowest BCUT2D eigenvalue weighted by Gasteiger charge is -2.40. The van der Waals surface area contributed by atoms with Crippen LogP contribution >= 0.6 is 0 Å². The molecule has 1 aliphatic heterocycles. The topological polar surface area (TPSA) is 149 Å². The molecule has 0 aromatic carbocycles. The number of rotatable bonds is 38. The summed E-state index contributed by atoms with van der Waals surface area (Å²) >= 11 is 0. The summed E-state index contributed by atoms with van der Waals surface area (Å²) in [7, 11) is 0. The summed E-state index contributed by atoms with van der Waals surface area (Å²) in [6, 6.07) is -0.826. The van der Waals surface area contributed by atoms with E-state index in [-0.39, 0.29) is 12.5 Å². The van der Waals surface area contributed by atoms with Crippen LogP contribution in [-0.4, -0.2) is 87.5 Å². The second kappa shape index (κ2) is 40.4. The van der Waals surface area contributed by atoms with E-state index < -0.39 is 49.5 Å². The molecule has 1 heterocycles. The lowest BCUT2D eigenvalue weighted by molar-refractivity contribution is -0.302. The van der Waals surface area contributed by atoms with Crippen molar-refractivity contribution < 1.29 is 39.8 Å². The zero-order chi connectivity index (χ0) is 43.7. The van der Waals surface area contributed by atoms with E-state index >= 15 is 0 Å². The molecule has 1 rings (SSSR count). The van der Waals surface area contributed by atoms with Gasteiger partial charge in [0, 0.05) is 6.42 Å². The molecule has 1 saturated heterocycles. The molecule has 1 amide bonds. The fourth-order valence-corrected chi connectivity index (χ4v) is 6.90. The maximum absolute atomic E-state index is 12.9. The summed E-state index contributed by atoms with van der Waals surface area (Å²) < 4.78 is 11.2. The van der Waals surface area contributed by atoms with Gasteiger partial charge in [-0.15, -0.1) is 0 Å². The third kappa shape index (κ3) is 30.4. The van der Waals surface area contributed by atoms with E-state index in [0.29, 0.717) is 6.42 Å². The number of unbranched alkanes of at least 4 members (excludes halogenated alkanes) is 16. The van der Waals surface area contributed by atoms with Crippen LogP contribution in [0.4, 0.5) is 0 Å². The van der Waals surface area contributed by atoms with E-state index in [9.17, 15) is 30.3 Å². The van der Waals surface area contributed by atoms with Crippen LogP contribution in [0.25, 0.3) is 0 Å². The Kier molecular flexibility index (Phi) is 37.3. The van der Waals surface area contributed by atoms with Gasteiger partial charge in [-0.2, -0.15) is 0 Å². The van der Waals surface area contributed by atoms with Crippen molar-refractivity contribution in [2.24, 2.45) is 0 Å². The molecule has 0 aromatic heterocycles. The Morgan fingerprint density at radius 2 is 1.05 bits per heavy atom. The molecule has 60 heavy (non-hydrogen) atoms. The first-order chi connectivity index (χ1) is 29.3. The van der Waals surface area contributed by atoms with Crippen LogP contribution in [0.15, 0.2) is 85.1 Å². The number of nitrogens with one attached hydrogen (secondary N) is 1. The Morgan fingerprint density at radius 3 is 1.60 bits per heavy atom. The van der Waals surface area contributed by atoms with Crippen LogP contribution in [0.3, 0.4) is 0 Å². The molecule has 6 N–H and O–H groups in total. The Bertz CT molecular complexity index is 1210. The average molecular weight is 842 g/mol. The standard InChI is InChI=1S/C51H87NO8/c1-3-5-7-9-11-13-15-16-17-18-19-20-21-22-23-24-25-26-27-28-29-30-31-33-35-37-39-41-47(55)52-44(43-59-51-50(58)49(57)48(56)46(42-53)60-51)45(54)40-38-36-34-32-14-12-10-8-6-4-2/h5,7,11,13-14,16-17,19-20,22-23,32,38,40,44-46,48-51,53-54,56-58H,3-4,6,8-10,12,15,18,21,24-31,33-37,39,41-43H2,1-2H3,(H,52,55)/b7-5-,13-11-,17-16-,20-19-,23-22-,32-14+,40-38+. The van der Waals surface area contributed by atoms with Crippen LogP contribution in [-0.2, 0) is 14.3 Å². The molecule has 0 aromatic rings. The zero-order valence-electron chi connectivity index (χ0n) is 37.7. The first-order valence-electron chi connectivity index (χ1n) is 23.8. The summed E-state index contributed by atoms with van der Waals surface area (Å²) in [5.74, 6) is -0.197. The van der Waals surface area contributed by atoms with Gasteiger partial charge in [0.05, 0.1) is 25.4 Å². The molecule has 0 spiro atoms. The van der Waals surface area contributed by atoms with Gasteiger partial charge >= 0.3 is 0 Å². The molecule has 7 atom stereocenters. The Labute approximate surface area is 365 Å². The first kappa shape index (κ1) is 55.4. The molecular formula is C51H87NO8. The summed E-state index contributed by atoms with van der Waals surface area (Å²) in [5, 5.41) is 54.1. The number of aliphatic hydroxyl groups is 5. The van der Waals surface area contributed by atoms with Crippen molar-refractivity contribution in [3.05, 3.63) is 85.1 Å². The zero-order valence-corrected chi connectivity index (χ0v) is 37.7. The van der Waals surface area contributed by atoms with Crippen molar-refractivity contribution in [3.63, 3.8) is 0 Å². The highest BCUT2D eigenvalue weighted by atomic mass is 16.7. The molecule has 1 fully saturated rings. The summed E-state index contributed by atoms with van der Waals surface area (Å²) in [6.07, 6.45) is 49.3. The number of aliphatic hydroxyl groups excluding tert-OH is 5. The first-order valence-corrected chi connectivity index (χ1v) is 23.8. The van der Waals surface area contributed by atoms with E-state index in [1.807, 2.05) is 6.08 Å². The van der Waals surface area contributed by atoms with Crippen molar-refractivity contribution >= 4 is 5.91 Å².